The summed E-state index contributed by atoms with van der Waals surface area (Å²) in [5.41, 5.74) is 3.51. The van der Waals surface area contributed by atoms with Crippen LogP contribution in [0.4, 0.5) is 5.69 Å². The van der Waals surface area contributed by atoms with Crippen LogP contribution in [0.3, 0.4) is 0 Å². The van der Waals surface area contributed by atoms with Crippen molar-refractivity contribution in [3.63, 3.8) is 0 Å². The summed E-state index contributed by atoms with van der Waals surface area (Å²) in [4.78, 5) is 20.6. The maximum absolute atomic E-state index is 13.1. The smallest absolute Gasteiger partial charge is 0.271 e. The van der Waals surface area contributed by atoms with E-state index in [0.29, 0.717) is 23.0 Å². The number of thiazole rings is 1. The fourth-order valence-corrected chi connectivity index (χ4v) is 6.02. The second kappa shape index (κ2) is 8.88. The molecule has 2 aromatic carbocycles. The van der Waals surface area contributed by atoms with Gasteiger partial charge in [0.2, 0.25) is 0 Å². The van der Waals surface area contributed by atoms with Crippen LogP contribution in [0.2, 0.25) is 0 Å². The number of aromatic nitrogens is 2. The quantitative estimate of drug-likeness (QED) is 0.421. The average Bonchev–Trinajstić information content (AvgIpc) is 3.40. The molecule has 1 aliphatic rings. The molecule has 5 rings (SSSR count). The van der Waals surface area contributed by atoms with Crippen molar-refractivity contribution >= 4 is 37.9 Å². The Balaban J connectivity index is 1.40. The molecular weight excluding hydrogens is 468 g/mol. The Bertz CT molecular complexity index is 1450. The van der Waals surface area contributed by atoms with Gasteiger partial charge in [-0.3, -0.25) is 13.9 Å². The molecule has 34 heavy (non-hydrogen) atoms. The molecule has 2 aromatic heterocycles. The third kappa shape index (κ3) is 4.45. The monoisotopic (exact) mass is 494 g/mol. The highest BCUT2D eigenvalue weighted by molar-refractivity contribution is 7.92. The number of sulfonamides is 1. The van der Waals surface area contributed by atoms with E-state index in [-0.39, 0.29) is 10.8 Å². The van der Waals surface area contributed by atoms with Crippen molar-refractivity contribution in [3.05, 3.63) is 71.4 Å². The first-order valence-corrected chi connectivity index (χ1v) is 13.6. The first kappa shape index (κ1) is 22.6. The number of carbonyl (C=O) groups is 1. The molecule has 0 aliphatic carbocycles. The van der Waals surface area contributed by atoms with Crippen molar-refractivity contribution in [1.82, 2.24) is 14.3 Å². The predicted octanol–water partition coefficient (Wildman–Crippen LogP) is 5.04. The number of aryl methyl sites for hydroxylation is 1. The highest BCUT2D eigenvalue weighted by atomic mass is 32.2. The molecule has 1 fully saturated rings. The van der Waals surface area contributed by atoms with Crippen molar-refractivity contribution < 1.29 is 13.2 Å². The van der Waals surface area contributed by atoms with Gasteiger partial charge in [-0.25, -0.2) is 13.4 Å². The van der Waals surface area contributed by atoms with E-state index in [2.05, 4.69) is 16.6 Å². The van der Waals surface area contributed by atoms with Gasteiger partial charge in [-0.2, -0.15) is 0 Å². The number of carbonyl (C=O) groups excluding carboxylic acids is 1. The first-order valence-electron chi connectivity index (χ1n) is 11.3. The van der Waals surface area contributed by atoms with E-state index < -0.39 is 10.0 Å². The lowest BCUT2D eigenvalue weighted by Crippen LogP contribution is -2.38. The van der Waals surface area contributed by atoms with Crippen LogP contribution in [0.15, 0.2) is 65.0 Å². The van der Waals surface area contributed by atoms with Crippen LogP contribution < -0.4 is 4.72 Å². The molecule has 1 saturated heterocycles. The second-order valence-electron chi connectivity index (χ2n) is 8.87. The molecule has 0 saturated carbocycles. The maximum Gasteiger partial charge on any atom is 0.271 e. The van der Waals surface area contributed by atoms with Crippen molar-refractivity contribution in [2.45, 2.75) is 31.6 Å². The number of hydrogen-bond acceptors (Lipinski definition) is 5. The largest absolute Gasteiger partial charge is 0.337 e. The molecule has 0 unspecified atom stereocenters. The fourth-order valence-electron chi connectivity index (χ4n) is 4.12. The minimum Gasteiger partial charge on any atom is -0.337 e. The summed E-state index contributed by atoms with van der Waals surface area (Å²) in [6.07, 6.45) is 3.90. The molecule has 3 heterocycles. The Morgan fingerprint density at radius 2 is 1.85 bits per heavy atom. The van der Waals surface area contributed by atoms with Crippen molar-refractivity contribution in [2.24, 2.45) is 5.92 Å². The lowest BCUT2D eigenvalue weighted by molar-refractivity contribution is 0.0690. The zero-order chi connectivity index (χ0) is 23.9. The van der Waals surface area contributed by atoms with Crippen molar-refractivity contribution in [1.29, 1.82) is 0 Å². The van der Waals surface area contributed by atoms with Crippen molar-refractivity contribution in [2.75, 3.05) is 17.8 Å². The van der Waals surface area contributed by atoms with E-state index in [1.165, 1.54) is 11.3 Å². The van der Waals surface area contributed by atoms with Gasteiger partial charge in [0.15, 0.2) is 4.96 Å². The minimum absolute atomic E-state index is 0.0294. The molecule has 176 valence electrons. The van der Waals surface area contributed by atoms with Crippen LogP contribution in [0.1, 0.15) is 35.8 Å². The number of nitrogens with one attached hydrogen (secondary N) is 1. The van der Waals surface area contributed by atoms with Gasteiger partial charge in [0.25, 0.3) is 15.9 Å². The Labute approximate surface area is 203 Å². The SMILES string of the molecule is Cc1ccc(S(=O)(=O)Nc2cccc(-c3cn4c(C(=O)N5CCC(C)CC5)csc4n3)c2)cc1. The summed E-state index contributed by atoms with van der Waals surface area (Å²) < 4.78 is 30.0. The van der Waals surface area contributed by atoms with Gasteiger partial charge in [-0.15, -0.1) is 11.3 Å². The van der Waals surface area contributed by atoms with Gasteiger partial charge < -0.3 is 4.90 Å². The normalized spacial score (nSPS) is 15.1. The van der Waals surface area contributed by atoms with Crippen LogP contribution in [0, 0.1) is 12.8 Å². The number of nitrogens with zero attached hydrogens (tertiary/aromatic N) is 3. The highest BCUT2D eigenvalue weighted by Gasteiger charge is 2.24. The van der Waals surface area contributed by atoms with E-state index in [9.17, 15) is 13.2 Å². The summed E-state index contributed by atoms with van der Waals surface area (Å²) in [7, 11) is -3.70. The third-order valence-electron chi connectivity index (χ3n) is 6.24. The van der Waals surface area contributed by atoms with Crippen LogP contribution in [0.25, 0.3) is 16.2 Å². The van der Waals surface area contributed by atoms with Crippen LogP contribution in [0.5, 0.6) is 0 Å². The van der Waals surface area contributed by atoms with Gasteiger partial charge >= 0.3 is 0 Å². The molecule has 7 nitrogen and oxygen atoms in total. The molecule has 0 spiro atoms. The van der Waals surface area contributed by atoms with Gasteiger partial charge in [0.05, 0.1) is 10.6 Å². The van der Waals surface area contributed by atoms with Crippen molar-refractivity contribution in [3.8, 4) is 11.3 Å². The summed E-state index contributed by atoms with van der Waals surface area (Å²) in [5.74, 6) is 0.684. The molecule has 4 aromatic rings. The molecule has 1 N–H and O–H groups in total. The number of imidazole rings is 1. The molecule has 0 atom stereocenters. The number of amides is 1. The van der Waals surface area contributed by atoms with E-state index in [1.54, 1.807) is 42.5 Å². The lowest BCUT2D eigenvalue weighted by Gasteiger charge is -2.30. The second-order valence-corrected chi connectivity index (χ2v) is 11.4. The Morgan fingerprint density at radius 1 is 1.12 bits per heavy atom. The minimum atomic E-state index is -3.70. The third-order valence-corrected chi connectivity index (χ3v) is 8.48. The fraction of sp³-hybridized carbons (Fsp3) is 0.280. The molecular formula is C25H26N4O3S2. The molecule has 9 heteroatoms. The number of likely N-dealkylation sites (tertiary alicyclic amines) is 1. The highest BCUT2D eigenvalue weighted by Crippen LogP contribution is 2.28. The number of anilines is 1. The zero-order valence-corrected chi connectivity index (χ0v) is 20.7. The molecule has 1 amide bonds. The maximum atomic E-state index is 13.1. The molecule has 1 aliphatic heterocycles. The molecule has 0 radical (unpaired) electrons. The van der Waals surface area contributed by atoms with E-state index in [4.69, 9.17) is 0 Å². The van der Waals surface area contributed by atoms with Gasteiger partial charge in [-0.1, -0.05) is 36.8 Å². The van der Waals surface area contributed by atoms with E-state index in [1.807, 2.05) is 33.9 Å². The Morgan fingerprint density at radius 3 is 2.59 bits per heavy atom. The number of piperidine rings is 1. The summed E-state index contributed by atoms with van der Waals surface area (Å²) in [6, 6.07) is 13.9. The number of hydrogen-bond donors (Lipinski definition) is 1. The number of rotatable bonds is 5. The molecule has 0 bridgehead atoms. The number of fused-ring (bicyclic) bond motifs is 1. The first-order chi connectivity index (χ1) is 16.3. The Kier molecular flexibility index (Phi) is 5.91. The van der Waals surface area contributed by atoms with Gasteiger partial charge in [0.1, 0.15) is 5.69 Å². The Hall–Kier alpha value is -3.17. The summed E-state index contributed by atoms with van der Waals surface area (Å²) in [5, 5.41) is 1.86. The van der Waals surface area contributed by atoms with Gasteiger partial charge in [0, 0.05) is 35.9 Å². The summed E-state index contributed by atoms with van der Waals surface area (Å²) >= 11 is 1.43. The van der Waals surface area contributed by atoms with Crippen LogP contribution in [-0.4, -0.2) is 41.7 Å². The summed E-state index contributed by atoms with van der Waals surface area (Å²) in [6.45, 7) is 5.70. The van der Waals surface area contributed by atoms with E-state index >= 15 is 0 Å². The zero-order valence-electron chi connectivity index (χ0n) is 19.1. The van der Waals surface area contributed by atoms with E-state index in [0.717, 1.165) is 42.0 Å². The standard InChI is InChI=1S/C25H26N4O3S2/c1-17-6-8-21(9-7-17)34(31,32)27-20-5-3-4-19(14-20)22-15-29-23(16-33-25(29)26-22)24(30)28-12-10-18(2)11-13-28/h3-9,14-16,18,27H,10-13H2,1-2H3. The van der Waals surface area contributed by atoms with Gasteiger partial charge in [-0.05, 0) is 49.9 Å². The average molecular weight is 495 g/mol. The predicted molar refractivity (Wildman–Crippen MR) is 135 cm³/mol. The number of benzene rings is 2. The van der Waals surface area contributed by atoms with Crippen LogP contribution in [-0.2, 0) is 10.0 Å². The lowest BCUT2D eigenvalue weighted by atomic mass is 9.99. The van der Waals surface area contributed by atoms with Crippen LogP contribution >= 0.6 is 11.3 Å². The topological polar surface area (TPSA) is 83.8 Å².